The summed E-state index contributed by atoms with van der Waals surface area (Å²) in [5.74, 6) is -0.893. The van der Waals surface area contributed by atoms with Gasteiger partial charge in [-0.1, -0.05) is 70.4 Å². The molecule has 0 radical (unpaired) electrons. The first-order valence-electron chi connectivity index (χ1n) is 10.5. The molecule has 0 rings (SSSR count). The number of nitrogens with two attached hydrogens (primary N) is 1. The molecule has 7 nitrogen and oxygen atoms in total. The minimum Gasteiger partial charge on any atom is -0.379 e. The second-order valence-corrected chi connectivity index (χ2v) is 7.98. The number of carbonyl (C=O) groups excluding carboxylic acids is 1. The fourth-order valence-corrected chi connectivity index (χ4v) is 2.82. The Balaban J connectivity index is 0. The van der Waals surface area contributed by atoms with Crippen LogP contribution in [0.1, 0.15) is 104 Å². The summed E-state index contributed by atoms with van der Waals surface area (Å²) in [6, 6.07) is 0. The lowest BCUT2D eigenvalue weighted by Crippen LogP contribution is -2.11. The van der Waals surface area contributed by atoms with Crippen LogP contribution in [0.3, 0.4) is 0 Å². The molecule has 28 heavy (non-hydrogen) atoms. The van der Waals surface area contributed by atoms with E-state index >= 15 is 0 Å². The van der Waals surface area contributed by atoms with Gasteiger partial charge in [0.15, 0.2) is 0 Å². The van der Waals surface area contributed by atoms with Crippen molar-refractivity contribution in [3.8, 4) is 0 Å². The molecule has 0 fully saturated rings. The number of hydrogen-bond acceptors (Lipinski definition) is 6. The number of rotatable bonds is 16. The third kappa shape index (κ3) is 32.7. The summed E-state index contributed by atoms with van der Waals surface area (Å²) < 4.78 is 32.8. The second kappa shape index (κ2) is 20.8. The minimum absolute atomic E-state index is 0.0257. The first kappa shape index (κ1) is 29.2. The summed E-state index contributed by atoms with van der Waals surface area (Å²) in [5.41, 5.74) is 4.67. The highest BCUT2D eigenvalue weighted by molar-refractivity contribution is 7.81. The molecule has 0 saturated carbocycles. The largest absolute Gasteiger partial charge is 0.448 e. The zero-order valence-corrected chi connectivity index (χ0v) is 18.5. The maximum absolute atomic E-state index is 11.0. The van der Waals surface area contributed by atoms with Crippen molar-refractivity contribution in [3.63, 3.8) is 0 Å². The Bertz CT molecular complexity index is 474. The van der Waals surface area contributed by atoms with Crippen LogP contribution in [0.5, 0.6) is 0 Å². The second-order valence-electron chi connectivity index (χ2n) is 6.96. The van der Waals surface area contributed by atoms with E-state index in [0.717, 1.165) is 32.1 Å². The number of aliphatic hydroxyl groups is 1. The topological polar surface area (TPSA) is 127 Å². The van der Waals surface area contributed by atoms with Gasteiger partial charge in [-0.05, 0) is 39.0 Å². The van der Waals surface area contributed by atoms with Crippen LogP contribution in [-0.2, 0) is 19.4 Å². The maximum Gasteiger partial charge on any atom is 0.448 e. The van der Waals surface area contributed by atoms with E-state index in [1.165, 1.54) is 51.9 Å². The van der Waals surface area contributed by atoms with E-state index in [0.29, 0.717) is 6.42 Å². The molecule has 0 aliphatic heterocycles. The van der Waals surface area contributed by atoms with Gasteiger partial charge < -0.3 is 15.0 Å². The Morgan fingerprint density at radius 2 is 1.32 bits per heavy atom. The molecule has 1 atom stereocenters. The van der Waals surface area contributed by atoms with E-state index in [-0.39, 0.29) is 6.42 Å². The van der Waals surface area contributed by atoms with Gasteiger partial charge in [0.05, 0.1) is 6.23 Å². The van der Waals surface area contributed by atoms with E-state index < -0.39 is 22.6 Å². The number of aliphatic hydroxyl groups excluding tert-OH is 1. The van der Waals surface area contributed by atoms with Gasteiger partial charge in [-0.25, -0.2) is 0 Å². The van der Waals surface area contributed by atoms with Crippen LogP contribution in [0.25, 0.3) is 0 Å². The minimum atomic E-state index is -4.65. The number of hydrogen-bond donors (Lipinski definition) is 3. The molecule has 168 valence electrons. The molecule has 0 aromatic carbocycles. The molecule has 0 heterocycles. The van der Waals surface area contributed by atoms with Crippen molar-refractivity contribution < 1.29 is 27.1 Å². The van der Waals surface area contributed by atoms with Crippen molar-refractivity contribution in [3.05, 3.63) is 12.2 Å². The highest BCUT2D eigenvalue weighted by Crippen LogP contribution is 2.10. The fraction of sp³-hybridized carbons (Fsp3) is 0.850. The third-order valence-corrected chi connectivity index (χ3v) is 4.24. The number of carbonyl (C=O) groups is 1. The molecule has 0 aromatic rings. The van der Waals surface area contributed by atoms with Crippen molar-refractivity contribution in [1.29, 1.82) is 0 Å². The third-order valence-electron chi connectivity index (χ3n) is 3.84. The van der Waals surface area contributed by atoms with Crippen molar-refractivity contribution in [2.75, 3.05) is 0 Å². The lowest BCUT2D eigenvalue weighted by atomic mass is 10.1. The van der Waals surface area contributed by atoms with Crippen LogP contribution in [-0.4, -0.2) is 30.3 Å². The van der Waals surface area contributed by atoms with Gasteiger partial charge in [-0.15, -0.1) is 0 Å². The molecule has 0 aromatic heterocycles. The summed E-state index contributed by atoms with van der Waals surface area (Å²) in [6.07, 6.45) is 18.9. The van der Waals surface area contributed by atoms with Crippen LogP contribution in [0.4, 0.5) is 0 Å². The molecular formula is C20H41NO6S. The molecule has 0 bridgehead atoms. The fourth-order valence-electron chi connectivity index (χ4n) is 2.50. The summed E-state index contributed by atoms with van der Waals surface area (Å²) >= 11 is 0. The first-order valence-corrected chi connectivity index (χ1v) is 11.8. The van der Waals surface area contributed by atoms with E-state index in [1.54, 1.807) is 0 Å². The van der Waals surface area contributed by atoms with Crippen molar-refractivity contribution in [2.24, 2.45) is 5.73 Å². The van der Waals surface area contributed by atoms with Crippen molar-refractivity contribution in [1.82, 2.24) is 0 Å². The molecule has 0 spiro atoms. The van der Waals surface area contributed by atoms with Gasteiger partial charge in [0.25, 0.3) is 0 Å². The summed E-state index contributed by atoms with van der Waals surface area (Å²) in [7, 11) is -4.65. The van der Waals surface area contributed by atoms with Crippen LogP contribution < -0.4 is 5.73 Å². The van der Waals surface area contributed by atoms with Gasteiger partial charge in [0.1, 0.15) is 0 Å². The van der Waals surface area contributed by atoms with E-state index in [9.17, 15) is 13.2 Å². The molecule has 0 amide bonds. The zero-order chi connectivity index (χ0) is 21.7. The Morgan fingerprint density at radius 1 is 0.929 bits per heavy atom. The molecule has 8 heteroatoms. The molecule has 0 saturated heterocycles. The highest BCUT2D eigenvalue weighted by Gasteiger charge is 2.12. The van der Waals surface area contributed by atoms with Gasteiger partial charge in [0, 0.05) is 6.42 Å². The van der Waals surface area contributed by atoms with Crippen LogP contribution in [0.15, 0.2) is 12.2 Å². The van der Waals surface area contributed by atoms with E-state index in [2.05, 4.69) is 29.0 Å². The van der Waals surface area contributed by atoms with Crippen molar-refractivity contribution >= 4 is 16.4 Å². The first-order chi connectivity index (χ1) is 13.2. The molecule has 1 unspecified atom stereocenters. The lowest BCUT2D eigenvalue weighted by molar-refractivity contribution is -0.134. The Kier molecular flexibility index (Phi) is 21.7. The molecule has 0 aliphatic carbocycles. The zero-order valence-electron chi connectivity index (χ0n) is 17.6. The van der Waals surface area contributed by atoms with E-state index in [1.807, 2.05) is 0 Å². The standard InChI is InChI=1S/C18H34O5S.C2H7NO/c1-2-3-4-5-6-7-8-9-10-11-12-13-14-15-16-17-18(19)23-24(20,21)22;1-2(3)4/h9-10H,2-8,11-17H2,1H3,(H,20,21,22);2,4H,3H2,1H3. The van der Waals surface area contributed by atoms with Gasteiger partial charge in [0.2, 0.25) is 0 Å². The van der Waals surface area contributed by atoms with Crippen LogP contribution in [0, 0.1) is 0 Å². The predicted molar refractivity (Wildman–Crippen MR) is 113 cm³/mol. The summed E-state index contributed by atoms with van der Waals surface area (Å²) in [5, 5.41) is 7.83. The average molecular weight is 424 g/mol. The number of unbranched alkanes of at least 4 members (excludes halogenated alkanes) is 11. The Hall–Kier alpha value is -0.960. The van der Waals surface area contributed by atoms with Gasteiger partial charge in [-0.2, -0.15) is 8.42 Å². The molecule has 0 aliphatic rings. The summed E-state index contributed by atoms with van der Waals surface area (Å²) in [4.78, 5) is 11.0. The normalized spacial score (nSPS) is 12.5. The van der Waals surface area contributed by atoms with Crippen LogP contribution in [0.2, 0.25) is 0 Å². The predicted octanol–water partition coefficient (Wildman–Crippen LogP) is 4.65. The van der Waals surface area contributed by atoms with Gasteiger partial charge >= 0.3 is 16.4 Å². The lowest BCUT2D eigenvalue weighted by Gasteiger charge is -2.01. The molecule has 4 N–H and O–H groups in total. The highest BCUT2D eigenvalue weighted by atomic mass is 32.3. The average Bonchev–Trinajstić information content (AvgIpc) is 2.56. The Morgan fingerprint density at radius 3 is 1.75 bits per heavy atom. The quantitative estimate of drug-likeness (QED) is 0.143. The van der Waals surface area contributed by atoms with Gasteiger partial charge in [-0.3, -0.25) is 9.35 Å². The number of allylic oxidation sites excluding steroid dienone is 2. The van der Waals surface area contributed by atoms with Crippen LogP contribution >= 0.6 is 0 Å². The molecular weight excluding hydrogens is 382 g/mol. The Labute approximate surface area is 171 Å². The van der Waals surface area contributed by atoms with E-state index in [4.69, 9.17) is 9.66 Å². The monoisotopic (exact) mass is 423 g/mol. The van der Waals surface area contributed by atoms with Crippen molar-refractivity contribution in [2.45, 2.75) is 110 Å². The maximum atomic E-state index is 11.0. The summed E-state index contributed by atoms with van der Waals surface area (Å²) in [6.45, 7) is 3.74. The smallest absolute Gasteiger partial charge is 0.379 e. The SMILES string of the molecule is CC(N)O.CCCCCCCCC=CCCCCCCCC(=O)OS(=O)(=O)O.